The van der Waals surface area contributed by atoms with Gasteiger partial charge in [-0.25, -0.2) is 0 Å². The Balaban J connectivity index is 2.08. The zero-order valence-electron chi connectivity index (χ0n) is 10.5. The summed E-state index contributed by atoms with van der Waals surface area (Å²) in [6.45, 7) is 0.480. The van der Waals surface area contributed by atoms with Crippen molar-refractivity contribution >= 4 is 23.2 Å². The molecule has 0 N–H and O–H groups in total. The number of ether oxygens (including phenoxy) is 2. The maximum atomic E-state index is 5.91. The molecule has 2 rings (SSSR count). The Morgan fingerprint density at radius 2 is 1.79 bits per heavy atom. The fourth-order valence-electron chi connectivity index (χ4n) is 1.67. The van der Waals surface area contributed by atoms with E-state index in [0.29, 0.717) is 12.5 Å². The molecule has 0 amide bonds. The molecule has 0 aromatic heterocycles. The number of methoxy groups -OCH3 is 1. The van der Waals surface area contributed by atoms with Crippen molar-refractivity contribution in [1.82, 2.24) is 0 Å². The lowest BCUT2D eigenvalue weighted by Gasteiger charge is -2.11. The van der Waals surface area contributed by atoms with Gasteiger partial charge in [0.15, 0.2) is 0 Å². The second-order valence-corrected chi connectivity index (χ2v) is 4.73. The van der Waals surface area contributed by atoms with E-state index in [0.717, 1.165) is 27.6 Å². The Bertz CT molecular complexity index is 538. The minimum Gasteiger partial charge on any atom is -0.497 e. The average molecular weight is 297 g/mol. The summed E-state index contributed by atoms with van der Waals surface area (Å²) in [4.78, 5) is 0. The van der Waals surface area contributed by atoms with Crippen LogP contribution in [0.25, 0.3) is 0 Å². The third-order valence-electron chi connectivity index (χ3n) is 2.72. The van der Waals surface area contributed by atoms with Gasteiger partial charge in [0.25, 0.3) is 0 Å². The molecule has 0 atom stereocenters. The highest BCUT2D eigenvalue weighted by Gasteiger charge is 2.05. The van der Waals surface area contributed by atoms with Crippen molar-refractivity contribution in [3.8, 4) is 11.5 Å². The summed E-state index contributed by atoms with van der Waals surface area (Å²) in [5, 5.41) is 0.717. The van der Waals surface area contributed by atoms with Gasteiger partial charge >= 0.3 is 0 Å². The highest BCUT2D eigenvalue weighted by atomic mass is 35.5. The normalized spacial score (nSPS) is 10.3. The van der Waals surface area contributed by atoms with E-state index >= 15 is 0 Å². The lowest BCUT2D eigenvalue weighted by atomic mass is 10.2. The molecule has 0 heterocycles. The lowest BCUT2D eigenvalue weighted by molar-refractivity contribution is 0.303. The van der Waals surface area contributed by atoms with Crippen molar-refractivity contribution in [2.24, 2.45) is 0 Å². The third kappa shape index (κ3) is 3.79. The first kappa shape index (κ1) is 14.0. The molecule has 2 aromatic carbocycles. The van der Waals surface area contributed by atoms with Crippen molar-refractivity contribution in [3.05, 3.63) is 58.6 Å². The summed E-state index contributed by atoms with van der Waals surface area (Å²) in [6, 6.07) is 13.2. The Kier molecular flexibility index (Phi) is 4.94. The highest BCUT2D eigenvalue weighted by Crippen LogP contribution is 2.26. The van der Waals surface area contributed by atoms with Crippen LogP contribution in [0.3, 0.4) is 0 Å². The lowest BCUT2D eigenvalue weighted by Crippen LogP contribution is -1.98. The minimum atomic E-state index is 0.382. The van der Waals surface area contributed by atoms with Crippen LogP contribution in [-0.2, 0) is 12.5 Å². The number of hydrogen-bond acceptors (Lipinski definition) is 2. The molecular weight excluding hydrogens is 283 g/mol. The van der Waals surface area contributed by atoms with Gasteiger partial charge in [-0.2, -0.15) is 0 Å². The van der Waals surface area contributed by atoms with Gasteiger partial charge < -0.3 is 9.47 Å². The first-order chi connectivity index (χ1) is 9.22. The second-order valence-electron chi connectivity index (χ2n) is 4.02. The number of halogens is 2. The maximum Gasteiger partial charge on any atom is 0.124 e. The topological polar surface area (TPSA) is 18.5 Å². The van der Waals surface area contributed by atoms with Crippen LogP contribution in [0.15, 0.2) is 42.5 Å². The van der Waals surface area contributed by atoms with Crippen LogP contribution >= 0.6 is 23.2 Å². The predicted octanol–water partition coefficient (Wildman–Crippen LogP) is 4.67. The molecule has 0 unspecified atom stereocenters. The van der Waals surface area contributed by atoms with Crippen LogP contribution in [0.5, 0.6) is 11.5 Å². The molecule has 19 heavy (non-hydrogen) atoms. The van der Waals surface area contributed by atoms with Gasteiger partial charge in [0.2, 0.25) is 0 Å². The van der Waals surface area contributed by atoms with E-state index in [1.54, 1.807) is 7.11 Å². The molecule has 0 aliphatic carbocycles. The van der Waals surface area contributed by atoms with Crippen LogP contribution in [0.1, 0.15) is 11.1 Å². The summed E-state index contributed by atoms with van der Waals surface area (Å²) >= 11 is 11.7. The van der Waals surface area contributed by atoms with Crippen LogP contribution in [0.4, 0.5) is 0 Å². The molecule has 0 aliphatic heterocycles. The van der Waals surface area contributed by atoms with E-state index < -0.39 is 0 Å². The zero-order chi connectivity index (χ0) is 13.7. The van der Waals surface area contributed by atoms with Gasteiger partial charge in [-0.05, 0) is 35.9 Å². The van der Waals surface area contributed by atoms with E-state index in [2.05, 4.69) is 0 Å². The van der Waals surface area contributed by atoms with Crippen molar-refractivity contribution in [2.75, 3.05) is 7.11 Å². The smallest absolute Gasteiger partial charge is 0.124 e. The molecule has 4 heteroatoms. The summed E-state index contributed by atoms with van der Waals surface area (Å²) in [7, 11) is 1.63. The molecule has 0 radical (unpaired) electrons. The standard InChI is InChI=1S/C15H14Cl2O2/c1-18-14-6-7-15(12(8-14)9-16)19-10-11-2-4-13(17)5-3-11/h2-8H,9-10H2,1H3. The van der Waals surface area contributed by atoms with Crippen LogP contribution in [-0.4, -0.2) is 7.11 Å². The number of alkyl halides is 1. The SMILES string of the molecule is COc1ccc(OCc2ccc(Cl)cc2)c(CCl)c1. The van der Waals surface area contributed by atoms with E-state index in [4.69, 9.17) is 32.7 Å². The number of hydrogen-bond donors (Lipinski definition) is 0. The Morgan fingerprint density at radius 3 is 2.42 bits per heavy atom. The van der Waals surface area contributed by atoms with Gasteiger partial charge in [-0.1, -0.05) is 23.7 Å². The van der Waals surface area contributed by atoms with Crippen molar-refractivity contribution < 1.29 is 9.47 Å². The average Bonchev–Trinajstić information content (AvgIpc) is 2.46. The molecule has 2 aromatic rings. The van der Waals surface area contributed by atoms with Gasteiger partial charge in [-0.15, -0.1) is 11.6 Å². The second kappa shape index (κ2) is 6.69. The molecule has 0 saturated carbocycles. The summed E-state index contributed by atoms with van der Waals surface area (Å²) < 4.78 is 10.9. The molecule has 100 valence electrons. The van der Waals surface area contributed by atoms with Crippen LogP contribution < -0.4 is 9.47 Å². The Morgan fingerprint density at radius 1 is 1.05 bits per heavy atom. The quantitative estimate of drug-likeness (QED) is 0.747. The highest BCUT2D eigenvalue weighted by molar-refractivity contribution is 6.30. The zero-order valence-corrected chi connectivity index (χ0v) is 12.0. The molecule has 2 nitrogen and oxygen atoms in total. The summed E-state index contributed by atoms with van der Waals surface area (Å²) in [5.41, 5.74) is 1.97. The summed E-state index contributed by atoms with van der Waals surface area (Å²) in [6.07, 6.45) is 0. The molecule has 0 saturated heterocycles. The Labute approximate surface area is 122 Å². The van der Waals surface area contributed by atoms with E-state index in [1.807, 2.05) is 42.5 Å². The number of benzene rings is 2. The van der Waals surface area contributed by atoms with Crippen molar-refractivity contribution in [3.63, 3.8) is 0 Å². The molecule has 0 aliphatic rings. The van der Waals surface area contributed by atoms with E-state index in [9.17, 15) is 0 Å². The fraction of sp³-hybridized carbons (Fsp3) is 0.200. The first-order valence-corrected chi connectivity index (χ1v) is 6.74. The van der Waals surface area contributed by atoms with E-state index in [1.165, 1.54) is 0 Å². The molecular formula is C15H14Cl2O2. The monoisotopic (exact) mass is 296 g/mol. The molecule has 0 spiro atoms. The van der Waals surface area contributed by atoms with Gasteiger partial charge in [0.05, 0.1) is 13.0 Å². The van der Waals surface area contributed by atoms with Gasteiger partial charge in [0, 0.05) is 10.6 Å². The number of rotatable bonds is 5. The van der Waals surface area contributed by atoms with E-state index in [-0.39, 0.29) is 0 Å². The first-order valence-electron chi connectivity index (χ1n) is 5.83. The fourth-order valence-corrected chi connectivity index (χ4v) is 2.00. The van der Waals surface area contributed by atoms with Crippen LogP contribution in [0.2, 0.25) is 5.02 Å². The molecule has 0 fully saturated rings. The molecule has 0 bridgehead atoms. The Hall–Kier alpha value is -1.38. The van der Waals surface area contributed by atoms with Crippen LogP contribution in [0, 0.1) is 0 Å². The third-order valence-corrected chi connectivity index (χ3v) is 3.26. The predicted molar refractivity (Wildman–Crippen MR) is 78.3 cm³/mol. The van der Waals surface area contributed by atoms with Gasteiger partial charge in [0.1, 0.15) is 18.1 Å². The minimum absolute atomic E-state index is 0.382. The van der Waals surface area contributed by atoms with Crippen molar-refractivity contribution in [1.29, 1.82) is 0 Å². The summed E-state index contributed by atoms with van der Waals surface area (Å²) in [5.74, 6) is 1.92. The van der Waals surface area contributed by atoms with Crippen molar-refractivity contribution in [2.45, 2.75) is 12.5 Å². The maximum absolute atomic E-state index is 5.91. The largest absolute Gasteiger partial charge is 0.497 e. The van der Waals surface area contributed by atoms with Gasteiger partial charge in [-0.3, -0.25) is 0 Å².